The van der Waals surface area contributed by atoms with Crippen molar-refractivity contribution in [1.82, 2.24) is 20.2 Å². The molecule has 0 saturated heterocycles. The molecule has 1 heterocycles. The lowest BCUT2D eigenvalue weighted by molar-refractivity contribution is -0.0757. The summed E-state index contributed by atoms with van der Waals surface area (Å²) in [6.07, 6.45) is 5.78. The third-order valence-corrected chi connectivity index (χ3v) is 3.19. The van der Waals surface area contributed by atoms with Crippen LogP contribution in [0, 0.1) is 0 Å². The Labute approximate surface area is 95.1 Å². The predicted octanol–water partition coefficient (Wildman–Crippen LogP) is 0.388. The van der Waals surface area contributed by atoms with Crippen molar-refractivity contribution >= 4 is 0 Å². The molecule has 2 N–H and O–H groups in total. The minimum atomic E-state index is -0.155. The topological polar surface area (TPSA) is 78.8 Å². The van der Waals surface area contributed by atoms with Crippen molar-refractivity contribution in [2.45, 2.75) is 44.3 Å². The van der Waals surface area contributed by atoms with Gasteiger partial charge in [0, 0.05) is 6.54 Å². The van der Waals surface area contributed by atoms with E-state index < -0.39 is 0 Å². The van der Waals surface area contributed by atoms with Gasteiger partial charge in [-0.3, -0.25) is 0 Å². The predicted molar refractivity (Wildman–Crippen MR) is 58.5 cm³/mol. The summed E-state index contributed by atoms with van der Waals surface area (Å²) in [5.74, 6) is 0.626. The lowest BCUT2D eigenvalue weighted by Gasteiger charge is -2.35. The first-order valence-corrected chi connectivity index (χ1v) is 5.81. The van der Waals surface area contributed by atoms with Gasteiger partial charge in [-0.1, -0.05) is 19.3 Å². The third-order valence-electron chi connectivity index (χ3n) is 3.19. The molecule has 0 atom stereocenters. The van der Waals surface area contributed by atoms with Crippen molar-refractivity contribution in [1.29, 1.82) is 0 Å². The number of aromatic nitrogens is 4. The van der Waals surface area contributed by atoms with Gasteiger partial charge in [-0.05, 0) is 18.1 Å². The maximum atomic E-state index is 5.92. The smallest absolute Gasteiger partial charge is 0.200 e. The molecule has 1 saturated carbocycles. The summed E-state index contributed by atoms with van der Waals surface area (Å²) in [6, 6.07) is 0. The zero-order chi connectivity index (χ0) is 11.4. The Morgan fingerprint density at radius 1 is 1.38 bits per heavy atom. The van der Waals surface area contributed by atoms with Crippen LogP contribution in [0.1, 0.15) is 37.9 Å². The molecule has 0 unspecified atom stereocenters. The van der Waals surface area contributed by atoms with E-state index in [1.807, 2.05) is 0 Å². The Morgan fingerprint density at radius 3 is 2.69 bits per heavy atom. The molecule has 90 valence electrons. The van der Waals surface area contributed by atoms with Gasteiger partial charge in [0.15, 0.2) is 5.82 Å². The van der Waals surface area contributed by atoms with Crippen LogP contribution < -0.4 is 5.73 Å². The largest absolute Gasteiger partial charge is 0.366 e. The highest BCUT2D eigenvalue weighted by molar-refractivity contribution is 4.86. The van der Waals surface area contributed by atoms with Crippen LogP contribution in [0.15, 0.2) is 0 Å². The Morgan fingerprint density at radius 2 is 2.12 bits per heavy atom. The van der Waals surface area contributed by atoms with Gasteiger partial charge < -0.3 is 10.5 Å². The van der Waals surface area contributed by atoms with E-state index in [1.54, 1.807) is 7.05 Å². The Hall–Kier alpha value is -1.01. The lowest BCUT2D eigenvalue weighted by atomic mass is 9.85. The first-order valence-electron chi connectivity index (χ1n) is 5.81. The molecule has 0 bridgehead atoms. The van der Waals surface area contributed by atoms with Gasteiger partial charge >= 0.3 is 0 Å². The van der Waals surface area contributed by atoms with Crippen LogP contribution in [0.5, 0.6) is 0 Å². The van der Waals surface area contributed by atoms with E-state index in [0.717, 1.165) is 12.8 Å². The molecule has 1 aromatic heterocycles. The maximum absolute atomic E-state index is 5.92. The second kappa shape index (κ2) is 4.88. The van der Waals surface area contributed by atoms with E-state index in [-0.39, 0.29) is 5.60 Å². The van der Waals surface area contributed by atoms with Crippen molar-refractivity contribution < 1.29 is 4.74 Å². The molecule has 1 aliphatic carbocycles. The normalized spacial score (nSPS) is 19.9. The monoisotopic (exact) mass is 225 g/mol. The van der Waals surface area contributed by atoms with Crippen molar-refractivity contribution in [2.75, 3.05) is 6.54 Å². The molecule has 2 rings (SSSR count). The first kappa shape index (κ1) is 11.5. The van der Waals surface area contributed by atoms with Crippen LogP contribution in [0.25, 0.3) is 0 Å². The third kappa shape index (κ3) is 2.56. The molecule has 0 aromatic carbocycles. The molecule has 6 heteroatoms. The molecule has 1 aliphatic rings. The van der Waals surface area contributed by atoms with Gasteiger partial charge in [-0.2, -0.15) is 4.80 Å². The van der Waals surface area contributed by atoms with Crippen LogP contribution in [0.2, 0.25) is 0 Å². The van der Waals surface area contributed by atoms with Gasteiger partial charge in [0.05, 0.1) is 12.6 Å². The highest BCUT2D eigenvalue weighted by Gasteiger charge is 2.31. The lowest BCUT2D eigenvalue weighted by Crippen LogP contribution is -2.42. The summed E-state index contributed by atoms with van der Waals surface area (Å²) in [4.78, 5) is 1.44. The van der Waals surface area contributed by atoms with E-state index in [4.69, 9.17) is 10.5 Å². The number of hydrogen-bond donors (Lipinski definition) is 1. The van der Waals surface area contributed by atoms with Gasteiger partial charge in [0.2, 0.25) is 0 Å². The van der Waals surface area contributed by atoms with E-state index in [1.165, 1.54) is 24.1 Å². The molecule has 1 aromatic rings. The van der Waals surface area contributed by atoms with Gasteiger partial charge in [-0.25, -0.2) is 0 Å². The highest BCUT2D eigenvalue weighted by atomic mass is 16.5. The standard InChI is InChI=1S/C10H19N5O/c1-15-13-9(12-14-15)7-16-10(8-11)5-3-2-4-6-10/h2-8,11H2,1H3. The number of ether oxygens (including phenoxy) is 1. The maximum Gasteiger partial charge on any atom is 0.200 e. The summed E-state index contributed by atoms with van der Waals surface area (Å²) in [5.41, 5.74) is 5.67. The molecular weight excluding hydrogens is 206 g/mol. The van der Waals surface area contributed by atoms with Crippen LogP contribution in [-0.2, 0) is 18.4 Å². The van der Waals surface area contributed by atoms with Crippen molar-refractivity contribution in [3.8, 4) is 0 Å². The number of aryl methyl sites for hydroxylation is 1. The summed E-state index contributed by atoms with van der Waals surface area (Å²) < 4.78 is 5.92. The molecule has 6 nitrogen and oxygen atoms in total. The van der Waals surface area contributed by atoms with E-state index in [9.17, 15) is 0 Å². The molecular formula is C10H19N5O. The van der Waals surface area contributed by atoms with Crippen molar-refractivity contribution in [2.24, 2.45) is 12.8 Å². The second-order valence-electron chi connectivity index (χ2n) is 4.43. The fourth-order valence-electron chi connectivity index (χ4n) is 2.20. The number of nitrogens with two attached hydrogens (primary N) is 1. The van der Waals surface area contributed by atoms with Crippen LogP contribution in [0.4, 0.5) is 0 Å². The molecule has 0 spiro atoms. The molecule has 16 heavy (non-hydrogen) atoms. The summed E-state index contributed by atoms with van der Waals surface area (Å²) >= 11 is 0. The fourth-order valence-corrected chi connectivity index (χ4v) is 2.20. The average molecular weight is 225 g/mol. The molecule has 1 fully saturated rings. The van der Waals surface area contributed by atoms with E-state index in [0.29, 0.717) is 19.0 Å². The van der Waals surface area contributed by atoms with Crippen LogP contribution in [0.3, 0.4) is 0 Å². The van der Waals surface area contributed by atoms with Gasteiger partial charge in [-0.15, -0.1) is 10.2 Å². The average Bonchev–Trinajstić information content (AvgIpc) is 2.74. The Kier molecular flexibility index (Phi) is 3.50. The Balaban J connectivity index is 1.91. The highest BCUT2D eigenvalue weighted by Crippen LogP contribution is 2.31. The number of nitrogens with zero attached hydrogens (tertiary/aromatic N) is 4. The van der Waals surface area contributed by atoms with E-state index in [2.05, 4.69) is 15.4 Å². The second-order valence-corrected chi connectivity index (χ2v) is 4.43. The SMILES string of the molecule is Cn1nnc(COC2(CN)CCCCC2)n1. The quantitative estimate of drug-likeness (QED) is 0.801. The summed E-state index contributed by atoms with van der Waals surface area (Å²) in [5, 5.41) is 11.8. The number of tetrazole rings is 1. The first-order chi connectivity index (χ1) is 7.74. The van der Waals surface area contributed by atoms with Gasteiger partial charge in [0.1, 0.15) is 6.61 Å². The van der Waals surface area contributed by atoms with E-state index >= 15 is 0 Å². The minimum absolute atomic E-state index is 0.155. The number of hydrogen-bond acceptors (Lipinski definition) is 5. The summed E-state index contributed by atoms with van der Waals surface area (Å²) in [7, 11) is 1.75. The van der Waals surface area contributed by atoms with Crippen molar-refractivity contribution in [3.05, 3.63) is 5.82 Å². The molecule has 0 aliphatic heterocycles. The van der Waals surface area contributed by atoms with Gasteiger partial charge in [0.25, 0.3) is 0 Å². The minimum Gasteiger partial charge on any atom is -0.366 e. The molecule has 0 amide bonds. The summed E-state index contributed by atoms with van der Waals surface area (Å²) in [6.45, 7) is 0.984. The molecule has 0 radical (unpaired) electrons. The van der Waals surface area contributed by atoms with Crippen molar-refractivity contribution in [3.63, 3.8) is 0 Å². The fraction of sp³-hybridized carbons (Fsp3) is 0.900. The van der Waals surface area contributed by atoms with Crippen LogP contribution in [-0.4, -0.2) is 32.4 Å². The van der Waals surface area contributed by atoms with Crippen LogP contribution >= 0.6 is 0 Å². The zero-order valence-electron chi connectivity index (χ0n) is 9.72. The Bertz CT molecular complexity index is 332. The zero-order valence-corrected chi connectivity index (χ0v) is 9.72. The number of rotatable bonds is 4.